The van der Waals surface area contributed by atoms with Crippen LogP contribution in [0.15, 0.2) is 40.9 Å². The van der Waals surface area contributed by atoms with Crippen LogP contribution < -0.4 is 5.73 Å². The number of imidazole rings is 1. The molecular formula is C15H14BrN3. The van der Waals surface area contributed by atoms with Crippen molar-refractivity contribution in [3.8, 4) is 5.69 Å². The fourth-order valence-corrected chi connectivity index (χ4v) is 2.49. The molecule has 96 valence electrons. The van der Waals surface area contributed by atoms with E-state index in [1.54, 1.807) is 0 Å². The number of hydrogen-bond acceptors (Lipinski definition) is 2. The highest BCUT2D eigenvalue weighted by Gasteiger charge is 2.10. The number of benzene rings is 2. The Morgan fingerprint density at radius 1 is 1.11 bits per heavy atom. The maximum atomic E-state index is 6.06. The van der Waals surface area contributed by atoms with E-state index in [0.717, 1.165) is 21.2 Å². The lowest BCUT2D eigenvalue weighted by molar-refractivity contribution is 1.10. The summed E-state index contributed by atoms with van der Waals surface area (Å²) in [6.07, 6.45) is 0. The highest BCUT2D eigenvalue weighted by atomic mass is 79.9. The van der Waals surface area contributed by atoms with Crippen molar-refractivity contribution in [2.24, 2.45) is 0 Å². The number of anilines is 1. The molecule has 0 aliphatic rings. The van der Waals surface area contributed by atoms with E-state index in [2.05, 4.69) is 46.9 Å². The van der Waals surface area contributed by atoms with Crippen LogP contribution in [0.2, 0.25) is 0 Å². The lowest BCUT2D eigenvalue weighted by Crippen LogP contribution is -2.01. The van der Waals surface area contributed by atoms with Crippen LogP contribution in [0.4, 0.5) is 5.95 Å². The van der Waals surface area contributed by atoms with Crippen LogP contribution in [0.25, 0.3) is 16.7 Å². The molecule has 0 aliphatic carbocycles. The van der Waals surface area contributed by atoms with E-state index in [4.69, 9.17) is 5.73 Å². The van der Waals surface area contributed by atoms with Crippen molar-refractivity contribution in [3.63, 3.8) is 0 Å². The third-order valence-electron chi connectivity index (χ3n) is 3.24. The highest BCUT2D eigenvalue weighted by molar-refractivity contribution is 9.10. The van der Waals surface area contributed by atoms with E-state index in [9.17, 15) is 0 Å². The van der Waals surface area contributed by atoms with Gasteiger partial charge in [0.2, 0.25) is 5.95 Å². The fourth-order valence-electron chi connectivity index (χ4n) is 2.24. The Balaban J connectivity index is 2.31. The number of halogens is 1. The van der Waals surface area contributed by atoms with Gasteiger partial charge in [0.25, 0.3) is 0 Å². The molecular weight excluding hydrogens is 302 g/mol. The standard InChI is InChI=1S/C15H14BrN3/c1-9-3-6-13-14(7-9)19(15(17)18-13)11-4-5-12(16)10(2)8-11/h3-8H,1-2H3,(H2,17,18). The Hall–Kier alpha value is -1.81. The predicted molar refractivity (Wildman–Crippen MR) is 82.7 cm³/mol. The smallest absolute Gasteiger partial charge is 0.205 e. The molecule has 0 saturated carbocycles. The van der Waals surface area contributed by atoms with Crippen LogP contribution in [0.1, 0.15) is 11.1 Å². The average molecular weight is 316 g/mol. The summed E-state index contributed by atoms with van der Waals surface area (Å²) >= 11 is 3.52. The summed E-state index contributed by atoms with van der Waals surface area (Å²) in [6.45, 7) is 4.13. The lowest BCUT2D eigenvalue weighted by Gasteiger charge is -2.08. The molecule has 1 heterocycles. The third kappa shape index (κ3) is 2.02. The maximum absolute atomic E-state index is 6.06. The summed E-state index contributed by atoms with van der Waals surface area (Å²) < 4.78 is 3.08. The second-order valence-electron chi connectivity index (χ2n) is 4.73. The molecule has 0 bridgehead atoms. The molecule has 1 aromatic heterocycles. The molecule has 0 amide bonds. The van der Waals surface area contributed by atoms with Gasteiger partial charge in [0.05, 0.1) is 11.0 Å². The van der Waals surface area contributed by atoms with Gasteiger partial charge >= 0.3 is 0 Å². The Morgan fingerprint density at radius 3 is 2.63 bits per heavy atom. The van der Waals surface area contributed by atoms with Crippen LogP contribution in [0, 0.1) is 13.8 Å². The first kappa shape index (κ1) is 12.2. The zero-order chi connectivity index (χ0) is 13.6. The number of rotatable bonds is 1. The number of hydrogen-bond donors (Lipinski definition) is 1. The average Bonchev–Trinajstić information content (AvgIpc) is 2.68. The largest absolute Gasteiger partial charge is 0.369 e. The van der Waals surface area contributed by atoms with Gasteiger partial charge in [-0.3, -0.25) is 4.57 Å². The molecule has 2 aromatic carbocycles. The summed E-state index contributed by atoms with van der Waals surface area (Å²) in [5, 5.41) is 0. The second kappa shape index (κ2) is 4.38. The van der Waals surface area contributed by atoms with E-state index < -0.39 is 0 Å². The minimum absolute atomic E-state index is 0.516. The molecule has 3 aromatic rings. The molecule has 0 aliphatic heterocycles. The van der Waals surface area contributed by atoms with E-state index in [1.807, 2.05) is 28.8 Å². The van der Waals surface area contributed by atoms with Crippen molar-refractivity contribution >= 4 is 32.9 Å². The summed E-state index contributed by atoms with van der Waals surface area (Å²) in [7, 11) is 0. The lowest BCUT2D eigenvalue weighted by atomic mass is 10.2. The second-order valence-corrected chi connectivity index (χ2v) is 5.59. The molecule has 3 rings (SSSR count). The van der Waals surface area contributed by atoms with Crippen molar-refractivity contribution in [1.82, 2.24) is 9.55 Å². The van der Waals surface area contributed by atoms with Gasteiger partial charge in [-0.15, -0.1) is 0 Å². The maximum Gasteiger partial charge on any atom is 0.205 e. The van der Waals surface area contributed by atoms with Crippen LogP contribution in [-0.2, 0) is 0 Å². The van der Waals surface area contributed by atoms with Gasteiger partial charge in [-0.25, -0.2) is 4.98 Å². The third-order valence-corrected chi connectivity index (χ3v) is 4.13. The first-order valence-electron chi connectivity index (χ1n) is 6.07. The molecule has 0 saturated heterocycles. The fraction of sp³-hybridized carbons (Fsp3) is 0.133. The SMILES string of the molecule is Cc1ccc2nc(N)n(-c3ccc(Br)c(C)c3)c2c1. The van der Waals surface area contributed by atoms with Crippen molar-refractivity contribution in [1.29, 1.82) is 0 Å². The zero-order valence-electron chi connectivity index (χ0n) is 10.8. The normalized spacial score (nSPS) is 11.1. The quantitative estimate of drug-likeness (QED) is 0.738. The van der Waals surface area contributed by atoms with Gasteiger partial charge < -0.3 is 5.73 Å². The van der Waals surface area contributed by atoms with Gasteiger partial charge in [0.15, 0.2) is 0 Å². The van der Waals surface area contributed by atoms with E-state index in [0.29, 0.717) is 5.95 Å². The molecule has 0 atom stereocenters. The number of aromatic nitrogens is 2. The number of nitrogens with two attached hydrogens (primary N) is 1. The molecule has 0 spiro atoms. The first-order valence-corrected chi connectivity index (χ1v) is 6.86. The van der Waals surface area contributed by atoms with Gasteiger partial charge in [-0.2, -0.15) is 0 Å². The first-order chi connectivity index (χ1) is 9.06. The van der Waals surface area contributed by atoms with E-state index >= 15 is 0 Å². The predicted octanol–water partition coefficient (Wildman–Crippen LogP) is 3.99. The van der Waals surface area contributed by atoms with Crippen molar-refractivity contribution in [3.05, 3.63) is 52.0 Å². The molecule has 0 unspecified atom stereocenters. The molecule has 0 radical (unpaired) electrons. The Bertz CT molecular complexity index is 774. The topological polar surface area (TPSA) is 43.8 Å². The van der Waals surface area contributed by atoms with Crippen molar-refractivity contribution in [2.45, 2.75) is 13.8 Å². The highest BCUT2D eigenvalue weighted by Crippen LogP contribution is 2.26. The minimum Gasteiger partial charge on any atom is -0.369 e. The van der Waals surface area contributed by atoms with Crippen LogP contribution in [-0.4, -0.2) is 9.55 Å². The van der Waals surface area contributed by atoms with Crippen LogP contribution in [0.3, 0.4) is 0 Å². The van der Waals surface area contributed by atoms with Crippen LogP contribution >= 0.6 is 15.9 Å². The summed E-state index contributed by atoms with van der Waals surface area (Å²) in [5.41, 5.74) is 11.4. The van der Waals surface area contributed by atoms with Crippen LogP contribution in [0.5, 0.6) is 0 Å². The summed E-state index contributed by atoms with van der Waals surface area (Å²) in [5.74, 6) is 0.516. The van der Waals surface area contributed by atoms with Gasteiger partial charge in [0, 0.05) is 10.2 Å². The van der Waals surface area contributed by atoms with Gasteiger partial charge in [-0.05, 0) is 55.3 Å². The molecule has 0 fully saturated rings. The number of nitrogen functional groups attached to an aromatic ring is 1. The van der Waals surface area contributed by atoms with E-state index in [-0.39, 0.29) is 0 Å². The Morgan fingerprint density at radius 2 is 1.89 bits per heavy atom. The summed E-state index contributed by atoms with van der Waals surface area (Å²) in [6, 6.07) is 12.3. The van der Waals surface area contributed by atoms with Crippen molar-refractivity contribution in [2.75, 3.05) is 5.73 Å². The zero-order valence-corrected chi connectivity index (χ0v) is 12.4. The van der Waals surface area contributed by atoms with E-state index in [1.165, 1.54) is 11.1 Å². The Labute approximate surface area is 120 Å². The number of nitrogens with zero attached hydrogens (tertiary/aromatic N) is 2. The van der Waals surface area contributed by atoms with Crippen molar-refractivity contribution < 1.29 is 0 Å². The molecule has 19 heavy (non-hydrogen) atoms. The van der Waals surface area contributed by atoms with Gasteiger partial charge in [0.1, 0.15) is 0 Å². The Kier molecular flexibility index (Phi) is 2.82. The summed E-state index contributed by atoms with van der Waals surface area (Å²) in [4.78, 5) is 4.41. The molecule has 4 heteroatoms. The number of fused-ring (bicyclic) bond motifs is 1. The minimum atomic E-state index is 0.516. The molecule has 3 nitrogen and oxygen atoms in total. The van der Waals surface area contributed by atoms with Gasteiger partial charge in [-0.1, -0.05) is 22.0 Å². The number of aryl methyl sites for hydroxylation is 2. The monoisotopic (exact) mass is 315 g/mol. The molecule has 2 N–H and O–H groups in total.